The van der Waals surface area contributed by atoms with Crippen molar-refractivity contribution in [3.05, 3.63) is 36.0 Å². The predicted molar refractivity (Wildman–Crippen MR) is 67.3 cm³/mol. The highest BCUT2D eigenvalue weighted by Gasteiger charge is 2.21. The molecule has 0 bridgehead atoms. The number of ether oxygens (including phenoxy) is 1. The molecule has 1 aliphatic carbocycles. The van der Waals surface area contributed by atoms with Gasteiger partial charge in [0, 0.05) is 25.2 Å². The first-order chi connectivity index (χ1) is 9.20. The molecule has 0 radical (unpaired) electrons. The number of aryl methyl sites for hydroxylation is 1. The first-order valence-electron chi connectivity index (χ1n) is 6.25. The molecule has 1 N–H and O–H groups in total. The number of aromatic nitrogens is 3. The van der Waals surface area contributed by atoms with Crippen LogP contribution in [0.4, 0.5) is 4.39 Å². The van der Waals surface area contributed by atoms with Crippen molar-refractivity contribution in [2.45, 2.75) is 25.4 Å². The van der Waals surface area contributed by atoms with Gasteiger partial charge in [0.25, 0.3) is 0 Å². The van der Waals surface area contributed by atoms with Gasteiger partial charge in [-0.25, -0.2) is 9.37 Å². The molecule has 0 amide bonds. The second-order valence-electron chi connectivity index (χ2n) is 4.72. The largest absolute Gasteiger partial charge is 0.435 e. The lowest BCUT2D eigenvalue weighted by atomic mass is 10.2. The Morgan fingerprint density at radius 2 is 2.32 bits per heavy atom. The highest BCUT2D eigenvalue weighted by molar-refractivity contribution is 5.30. The van der Waals surface area contributed by atoms with Gasteiger partial charge in [-0.15, -0.1) is 0 Å². The summed E-state index contributed by atoms with van der Waals surface area (Å²) in [6.45, 7) is 0.561. The summed E-state index contributed by atoms with van der Waals surface area (Å²) in [5.74, 6) is 0.656. The van der Waals surface area contributed by atoms with Crippen LogP contribution in [0, 0.1) is 5.82 Å². The molecule has 0 unspecified atom stereocenters. The van der Waals surface area contributed by atoms with E-state index < -0.39 is 0 Å². The minimum absolute atomic E-state index is 0.355. The fraction of sp³-hybridized carbons (Fsp3) is 0.385. The van der Waals surface area contributed by atoms with E-state index in [0.717, 1.165) is 11.8 Å². The van der Waals surface area contributed by atoms with Crippen molar-refractivity contribution < 1.29 is 9.13 Å². The van der Waals surface area contributed by atoms with Crippen molar-refractivity contribution >= 4 is 0 Å². The summed E-state index contributed by atoms with van der Waals surface area (Å²) >= 11 is 0. The maximum absolute atomic E-state index is 13.3. The van der Waals surface area contributed by atoms with E-state index in [1.54, 1.807) is 24.1 Å². The van der Waals surface area contributed by atoms with Crippen LogP contribution in [0.3, 0.4) is 0 Å². The summed E-state index contributed by atoms with van der Waals surface area (Å²) < 4.78 is 20.5. The van der Waals surface area contributed by atoms with Crippen molar-refractivity contribution in [1.29, 1.82) is 0 Å². The number of halogens is 1. The van der Waals surface area contributed by atoms with Gasteiger partial charge in [-0.3, -0.25) is 4.68 Å². The quantitative estimate of drug-likeness (QED) is 0.895. The molecular weight excluding hydrogens is 247 g/mol. The fourth-order valence-corrected chi connectivity index (χ4v) is 1.79. The van der Waals surface area contributed by atoms with Crippen LogP contribution in [0.25, 0.3) is 0 Å². The zero-order valence-electron chi connectivity index (χ0n) is 10.6. The Kier molecular flexibility index (Phi) is 3.16. The van der Waals surface area contributed by atoms with Gasteiger partial charge < -0.3 is 10.1 Å². The first-order valence-corrected chi connectivity index (χ1v) is 6.25. The predicted octanol–water partition coefficient (Wildman–Crippen LogP) is 2.00. The van der Waals surface area contributed by atoms with E-state index >= 15 is 0 Å². The molecule has 0 atom stereocenters. The zero-order valence-corrected chi connectivity index (χ0v) is 10.6. The van der Waals surface area contributed by atoms with Gasteiger partial charge in [-0.1, -0.05) is 0 Å². The molecule has 2 heterocycles. The van der Waals surface area contributed by atoms with E-state index in [1.165, 1.54) is 18.9 Å². The third kappa shape index (κ3) is 3.08. The molecule has 2 aromatic heterocycles. The lowest BCUT2D eigenvalue weighted by Crippen LogP contribution is -2.16. The number of pyridine rings is 1. The lowest BCUT2D eigenvalue weighted by Gasteiger charge is -2.09. The molecule has 100 valence electrons. The van der Waals surface area contributed by atoms with Crippen molar-refractivity contribution in [1.82, 2.24) is 20.1 Å². The minimum Gasteiger partial charge on any atom is -0.435 e. The van der Waals surface area contributed by atoms with Gasteiger partial charge in [0.05, 0.1) is 18.6 Å². The molecule has 0 spiro atoms. The number of nitrogens with zero attached hydrogens (tertiary/aromatic N) is 3. The SMILES string of the molecule is Cn1cc(Oc2ncc(F)cc2CNC2CC2)cn1. The van der Waals surface area contributed by atoms with Crippen LogP contribution in [0.5, 0.6) is 11.6 Å². The molecule has 5 nitrogen and oxygen atoms in total. The smallest absolute Gasteiger partial charge is 0.224 e. The summed E-state index contributed by atoms with van der Waals surface area (Å²) in [5.41, 5.74) is 0.718. The van der Waals surface area contributed by atoms with Crippen LogP contribution in [0.1, 0.15) is 18.4 Å². The maximum Gasteiger partial charge on any atom is 0.224 e. The van der Waals surface area contributed by atoms with Crippen LogP contribution >= 0.6 is 0 Å². The summed E-state index contributed by atoms with van der Waals surface area (Å²) in [4.78, 5) is 4.01. The summed E-state index contributed by atoms with van der Waals surface area (Å²) in [7, 11) is 1.81. The van der Waals surface area contributed by atoms with Crippen LogP contribution < -0.4 is 10.1 Å². The standard InChI is InChI=1S/C13H15FN4O/c1-18-8-12(7-17-18)19-13-9(4-10(14)6-16-13)5-15-11-2-3-11/h4,6-8,11,15H,2-3,5H2,1H3. The molecule has 1 fully saturated rings. The Bertz CT molecular complexity index is 580. The van der Waals surface area contributed by atoms with E-state index in [1.807, 2.05) is 0 Å². The van der Waals surface area contributed by atoms with Gasteiger partial charge >= 0.3 is 0 Å². The molecule has 3 rings (SSSR count). The third-order valence-electron chi connectivity index (χ3n) is 2.95. The molecule has 2 aromatic rings. The van der Waals surface area contributed by atoms with Crippen LogP contribution in [0.2, 0.25) is 0 Å². The lowest BCUT2D eigenvalue weighted by molar-refractivity contribution is 0.447. The Morgan fingerprint density at radius 1 is 1.47 bits per heavy atom. The van der Waals surface area contributed by atoms with E-state index in [0.29, 0.717) is 24.2 Å². The second kappa shape index (κ2) is 4.97. The van der Waals surface area contributed by atoms with Crippen LogP contribution in [0.15, 0.2) is 24.7 Å². The van der Waals surface area contributed by atoms with E-state index in [9.17, 15) is 4.39 Å². The molecular formula is C13H15FN4O. The van der Waals surface area contributed by atoms with Crippen molar-refractivity contribution in [3.8, 4) is 11.6 Å². The van der Waals surface area contributed by atoms with Gasteiger partial charge in [-0.05, 0) is 18.9 Å². The highest BCUT2D eigenvalue weighted by atomic mass is 19.1. The molecule has 6 heteroatoms. The zero-order chi connectivity index (χ0) is 13.2. The Hall–Kier alpha value is -1.95. The Balaban J connectivity index is 1.77. The fourth-order valence-electron chi connectivity index (χ4n) is 1.79. The van der Waals surface area contributed by atoms with Gasteiger partial charge in [0.2, 0.25) is 5.88 Å². The summed E-state index contributed by atoms with van der Waals surface area (Å²) in [6, 6.07) is 2.00. The Morgan fingerprint density at radius 3 is 3.00 bits per heavy atom. The van der Waals surface area contributed by atoms with E-state index in [4.69, 9.17) is 4.74 Å². The van der Waals surface area contributed by atoms with E-state index in [2.05, 4.69) is 15.4 Å². The minimum atomic E-state index is -0.355. The van der Waals surface area contributed by atoms with Gasteiger partial charge in [0.15, 0.2) is 5.75 Å². The summed E-state index contributed by atoms with van der Waals surface area (Å²) in [5, 5.41) is 7.34. The van der Waals surface area contributed by atoms with Crippen molar-refractivity contribution in [3.63, 3.8) is 0 Å². The topological polar surface area (TPSA) is 52.0 Å². The van der Waals surface area contributed by atoms with Crippen molar-refractivity contribution in [2.75, 3.05) is 0 Å². The van der Waals surface area contributed by atoms with Crippen LogP contribution in [-0.2, 0) is 13.6 Å². The van der Waals surface area contributed by atoms with Crippen molar-refractivity contribution in [2.24, 2.45) is 7.05 Å². The van der Waals surface area contributed by atoms with Gasteiger partial charge in [-0.2, -0.15) is 5.10 Å². The first kappa shape index (κ1) is 12.1. The van der Waals surface area contributed by atoms with Gasteiger partial charge in [0.1, 0.15) is 5.82 Å². The second-order valence-corrected chi connectivity index (χ2v) is 4.72. The Labute approximate surface area is 110 Å². The molecule has 0 aliphatic heterocycles. The number of hydrogen-bond acceptors (Lipinski definition) is 4. The average Bonchev–Trinajstić information content (AvgIpc) is 3.13. The summed E-state index contributed by atoms with van der Waals surface area (Å²) in [6.07, 6.45) is 6.86. The molecule has 1 aliphatic rings. The maximum atomic E-state index is 13.3. The number of rotatable bonds is 5. The molecule has 0 saturated heterocycles. The number of nitrogens with one attached hydrogen (secondary N) is 1. The molecule has 1 saturated carbocycles. The number of hydrogen-bond donors (Lipinski definition) is 1. The molecule has 19 heavy (non-hydrogen) atoms. The normalized spacial score (nSPS) is 14.6. The molecule has 0 aromatic carbocycles. The monoisotopic (exact) mass is 262 g/mol. The average molecular weight is 262 g/mol. The van der Waals surface area contributed by atoms with E-state index in [-0.39, 0.29) is 5.82 Å². The van der Waals surface area contributed by atoms with Crippen LogP contribution in [-0.4, -0.2) is 20.8 Å². The third-order valence-corrected chi connectivity index (χ3v) is 2.95. The highest BCUT2D eigenvalue weighted by Crippen LogP contribution is 2.25.